The van der Waals surface area contributed by atoms with Gasteiger partial charge in [0.05, 0.1) is 0 Å². The maximum absolute atomic E-state index is 8.36. The van der Waals surface area contributed by atoms with Crippen molar-refractivity contribution < 1.29 is 5.11 Å². The number of rotatable bonds is 1. The van der Waals surface area contributed by atoms with Gasteiger partial charge in [0.1, 0.15) is 6.61 Å². The van der Waals surface area contributed by atoms with Crippen LogP contribution in [-0.4, -0.2) is 23.2 Å². The molecule has 10 heavy (non-hydrogen) atoms. The fourth-order valence-electron chi connectivity index (χ4n) is 1.02. The topological polar surface area (TPSA) is 20.2 Å². The van der Waals surface area contributed by atoms with Crippen molar-refractivity contribution in [2.45, 2.75) is 12.8 Å². The summed E-state index contributed by atoms with van der Waals surface area (Å²) in [5.41, 5.74) is 0. The van der Waals surface area contributed by atoms with Gasteiger partial charge in [0.15, 0.2) is 0 Å². The van der Waals surface area contributed by atoms with Gasteiger partial charge >= 0.3 is 0 Å². The second-order valence-electron chi connectivity index (χ2n) is 2.45. The summed E-state index contributed by atoms with van der Waals surface area (Å²) in [6.45, 7) is 0.0138. The first-order valence-corrected chi connectivity index (χ1v) is 4.73. The Morgan fingerprint density at radius 1 is 1.50 bits per heavy atom. The zero-order valence-corrected chi connectivity index (χ0v) is 6.78. The normalized spacial score (nSPS) is 23.9. The van der Waals surface area contributed by atoms with Gasteiger partial charge < -0.3 is 5.11 Å². The lowest BCUT2D eigenvalue weighted by atomic mass is 10.1. The molecule has 1 rings (SSSR count). The largest absolute Gasteiger partial charge is 0.384 e. The van der Waals surface area contributed by atoms with Gasteiger partial charge in [0, 0.05) is 6.42 Å². The van der Waals surface area contributed by atoms with Crippen molar-refractivity contribution in [2.24, 2.45) is 5.92 Å². The summed E-state index contributed by atoms with van der Waals surface area (Å²) in [6, 6.07) is 0. The van der Waals surface area contributed by atoms with Gasteiger partial charge in [-0.05, 0) is 23.8 Å². The highest BCUT2D eigenvalue weighted by Crippen LogP contribution is 2.25. The van der Waals surface area contributed by atoms with E-state index in [9.17, 15) is 0 Å². The van der Waals surface area contributed by atoms with E-state index in [4.69, 9.17) is 5.11 Å². The molecule has 0 amide bonds. The van der Waals surface area contributed by atoms with Gasteiger partial charge in [-0.15, -0.1) is 5.92 Å². The summed E-state index contributed by atoms with van der Waals surface area (Å²) in [5, 5.41) is 8.36. The molecule has 1 atom stereocenters. The SMILES string of the molecule is OCC#CCC1CCSC1. The van der Waals surface area contributed by atoms with E-state index in [0.29, 0.717) is 0 Å². The van der Waals surface area contributed by atoms with Gasteiger partial charge in [-0.2, -0.15) is 11.8 Å². The van der Waals surface area contributed by atoms with Crippen LogP contribution in [0.4, 0.5) is 0 Å². The number of hydrogen-bond acceptors (Lipinski definition) is 2. The molecule has 0 saturated carbocycles. The average molecular weight is 156 g/mol. The summed E-state index contributed by atoms with van der Waals surface area (Å²) in [7, 11) is 0. The van der Waals surface area contributed by atoms with Crippen LogP contribution in [0.3, 0.4) is 0 Å². The number of thioether (sulfide) groups is 1. The Bertz CT molecular complexity index is 139. The van der Waals surface area contributed by atoms with Crippen LogP contribution in [0.15, 0.2) is 0 Å². The van der Waals surface area contributed by atoms with Crippen LogP contribution in [0.5, 0.6) is 0 Å². The molecule has 2 heteroatoms. The Hall–Kier alpha value is -0.130. The molecule has 0 aliphatic carbocycles. The predicted octanol–water partition coefficient (Wildman–Crippen LogP) is 1.13. The van der Waals surface area contributed by atoms with E-state index in [-0.39, 0.29) is 6.61 Å². The summed E-state index contributed by atoms with van der Waals surface area (Å²) in [4.78, 5) is 0. The molecule has 1 heterocycles. The highest BCUT2D eigenvalue weighted by Gasteiger charge is 2.13. The standard InChI is InChI=1S/C8H12OS/c9-5-2-1-3-8-4-6-10-7-8/h8-9H,3-7H2. The smallest absolute Gasteiger partial charge is 0.104 e. The fourth-order valence-corrected chi connectivity index (χ4v) is 2.30. The Labute approximate surface area is 66.2 Å². The number of hydrogen-bond donors (Lipinski definition) is 1. The van der Waals surface area contributed by atoms with Crippen molar-refractivity contribution >= 4 is 11.8 Å². The van der Waals surface area contributed by atoms with Crippen molar-refractivity contribution in [3.05, 3.63) is 0 Å². The van der Waals surface area contributed by atoms with Crippen molar-refractivity contribution in [3.8, 4) is 11.8 Å². The lowest BCUT2D eigenvalue weighted by molar-refractivity contribution is 0.350. The molecule has 1 aliphatic heterocycles. The maximum atomic E-state index is 8.36. The second-order valence-corrected chi connectivity index (χ2v) is 3.60. The average Bonchev–Trinajstić information content (AvgIpc) is 2.41. The third-order valence-electron chi connectivity index (χ3n) is 1.62. The molecule has 1 aliphatic rings. The number of aliphatic hydroxyl groups is 1. The zero-order chi connectivity index (χ0) is 7.23. The molecule has 1 fully saturated rings. The molecular weight excluding hydrogens is 144 g/mol. The Balaban J connectivity index is 2.12. The van der Waals surface area contributed by atoms with E-state index in [1.54, 1.807) is 0 Å². The van der Waals surface area contributed by atoms with Crippen molar-refractivity contribution in [2.75, 3.05) is 18.1 Å². The van der Waals surface area contributed by atoms with Crippen LogP contribution in [0.2, 0.25) is 0 Å². The molecule has 0 aromatic rings. The molecule has 0 bridgehead atoms. The maximum Gasteiger partial charge on any atom is 0.104 e. The summed E-state index contributed by atoms with van der Waals surface area (Å²) < 4.78 is 0. The fraction of sp³-hybridized carbons (Fsp3) is 0.750. The van der Waals surface area contributed by atoms with Gasteiger partial charge in [-0.25, -0.2) is 0 Å². The first-order valence-electron chi connectivity index (χ1n) is 3.58. The summed E-state index contributed by atoms with van der Waals surface area (Å²) >= 11 is 2.01. The first kappa shape index (κ1) is 7.97. The van der Waals surface area contributed by atoms with Crippen LogP contribution >= 0.6 is 11.8 Å². The van der Waals surface area contributed by atoms with Crippen LogP contribution in [-0.2, 0) is 0 Å². The molecule has 56 valence electrons. The second kappa shape index (κ2) is 4.65. The quantitative estimate of drug-likeness (QED) is 0.574. The van der Waals surface area contributed by atoms with Gasteiger partial charge in [0.25, 0.3) is 0 Å². The van der Waals surface area contributed by atoms with Gasteiger partial charge in [-0.1, -0.05) is 5.92 Å². The van der Waals surface area contributed by atoms with Crippen LogP contribution < -0.4 is 0 Å². The van der Waals surface area contributed by atoms with E-state index in [0.717, 1.165) is 12.3 Å². The summed E-state index contributed by atoms with van der Waals surface area (Å²) in [5.74, 6) is 8.99. The molecule has 0 radical (unpaired) electrons. The van der Waals surface area contributed by atoms with Crippen molar-refractivity contribution in [1.29, 1.82) is 0 Å². The van der Waals surface area contributed by atoms with Crippen molar-refractivity contribution in [1.82, 2.24) is 0 Å². The minimum absolute atomic E-state index is 0.0138. The lowest BCUT2D eigenvalue weighted by Gasteiger charge is -1.98. The minimum Gasteiger partial charge on any atom is -0.384 e. The third-order valence-corrected chi connectivity index (χ3v) is 2.85. The predicted molar refractivity (Wildman–Crippen MR) is 44.9 cm³/mol. The van der Waals surface area contributed by atoms with Gasteiger partial charge in [-0.3, -0.25) is 0 Å². The van der Waals surface area contributed by atoms with Crippen molar-refractivity contribution in [3.63, 3.8) is 0 Å². The minimum atomic E-state index is 0.0138. The molecule has 1 saturated heterocycles. The third kappa shape index (κ3) is 2.64. The van der Waals surface area contributed by atoms with E-state index >= 15 is 0 Å². The summed E-state index contributed by atoms with van der Waals surface area (Å²) in [6.07, 6.45) is 2.29. The molecular formula is C8H12OS. The Morgan fingerprint density at radius 3 is 3.00 bits per heavy atom. The van der Waals surface area contributed by atoms with E-state index in [1.165, 1.54) is 17.9 Å². The van der Waals surface area contributed by atoms with E-state index < -0.39 is 0 Å². The molecule has 1 nitrogen and oxygen atoms in total. The molecule has 0 aromatic heterocycles. The van der Waals surface area contributed by atoms with Crippen LogP contribution in [0.25, 0.3) is 0 Å². The molecule has 1 unspecified atom stereocenters. The molecule has 0 aromatic carbocycles. The zero-order valence-electron chi connectivity index (χ0n) is 5.97. The van der Waals surface area contributed by atoms with Crippen LogP contribution in [0, 0.1) is 17.8 Å². The van der Waals surface area contributed by atoms with Crippen LogP contribution in [0.1, 0.15) is 12.8 Å². The highest BCUT2D eigenvalue weighted by atomic mass is 32.2. The lowest BCUT2D eigenvalue weighted by Crippen LogP contribution is -1.94. The van der Waals surface area contributed by atoms with Gasteiger partial charge in [0.2, 0.25) is 0 Å². The Kier molecular flexibility index (Phi) is 3.71. The first-order chi connectivity index (χ1) is 4.93. The molecule has 0 spiro atoms. The molecule has 1 N–H and O–H groups in total. The Morgan fingerprint density at radius 2 is 2.40 bits per heavy atom. The highest BCUT2D eigenvalue weighted by molar-refractivity contribution is 7.99. The number of aliphatic hydroxyl groups excluding tert-OH is 1. The van der Waals surface area contributed by atoms with E-state index in [1.807, 2.05) is 11.8 Å². The van der Waals surface area contributed by atoms with E-state index in [2.05, 4.69) is 11.8 Å². The monoisotopic (exact) mass is 156 g/mol.